The molecule has 0 spiro atoms. The van der Waals surface area contributed by atoms with Gasteiger partial charge in [0.05, 0.1) is 0 Å². The van der Waals surface area contributed by atoms with E-state index in [0.717, 1.165) is 0 Å². The van der Waals surface area contributed by atoms with Crippen LogP contribution in [0.1, 0.15) is 27.7 Å². The molecule has 0 bridgehead atoms. The Kier molecular flexibility index (Phi) is 6.05. The molecule has 1 aromatic carbocycles. The molecule has 0 N–H and O–H groups in total. The number of likely N-dealkylation sites (tertiary alicyclic amines) is 1. The Hall–Kier alpha value is -2.52. The minimum atomic E-state index is -0.700. The second-order valence-electron chi connectivity index (χ2n) is 6.62. The fraction of sp³-hybridized carbons (Fsp3) is 0.450. The lowest BCUT2D eigenvalue weighted by molar-refractivity contribution is -0.179. The molecule has 0 aromatic heterocycles. The molecule has 134 valence electrons. The Morgan fingerprint density at radius 1 is 1.28 bits per heavy atom. The zero-order valence-corrected chi connectivity index (χ0v) is 15.2. The highest BCUT2D eigenvalue weighted by Crippen LogP contribution is 2.32. The van der Waals surface area contributed by atoms with Gasteiger partial charge in [0, 0.05) is 19.0 Å². The summed E-state index contributed by atoms with van der Waals surface area (Å²) in [4.78, 5) is 25.9. The summed E-state index contributed by atoms with van der Waals surface area (Å²) in [7, 11) is 0. The van der Waals surface area contributed by atoms with Gasteiger partial charge in [-0.05, 0) is 25.0 Å². The first kappa shape index (κ1) is 18.8. The Balaban J connectivity index is 2.31. The van der Waals surface area contributed by atoms with E-state index in [0.29, 0.717) is 17.9 Å². The predicted molar refractivity (Wildman–Crippen MR) is 95.1 cm³/mol. The van der Waals surface area contributed by atoms with Crippen LogP contribution in [-0.4, -0.2) is 41.6 Å². The van der Waals surface area contributed by atoms with Crippen LogP contribution in [0.5, 0.6) is 5.75 Å². The second-order valence-corrected chi connectivity index (χ2v) is 6.62. The summed E-state index contributed by atoms with van der Waals surface area (Å²) >= 11 is 0. The van der Waals surface area contributed by atoms with Crippen LogP contribution < -0.4 is 4.74 Å². The van der Waals surface area contributed by atoms with Crippen molar-refractivity contribution in [3.05, 3.63) is 48.2 Å². The number of benzene rings is 1. The monoisotopic (exact) mass is 343 g/mol. The molecule has 1 aliphatic rings. The summed E-state index contributed by atoms with van der Waals surface area (Å²) < 4.78 is 11.4. The molecular weight excluding hydrogens is 318 g/mol. The number of rotatable bonds is 7. The van der Waals surface area contributed by atoms with Crippen molar-refractivity contribution in [1.29, 1.82) is 0 Å². The Morgan fingerprint density at radius 2 is 1.92 bits per heavy atom. The lowest BCUT2D eigenvalue weighted by Gasteiger charge is -2.49. The van der Waals surface area contributed by atoms with E-state index in [1.807, 2.05) is 32.0 Å². The van der Waals surface area contributed by atoms with Crippen molar-refractivity contribution in [2.75, 3.05) is 6.54 Å². The number of carbonyl (C=O) groups is 2. The fourth-order valence-electron chi connectivity index (χ4n) is 2.92. The van der Waals surface area contributed by atoms with Gasteiger partial charge in [-0.25, -0.2) is 0 Å². The molecule has 1 saturated heterocycles. The third-order valence-electron chi connectivity index (χ3n) is 4.07. The van der Waals surface area contributed by atoms with Crippen molar-refractivity contribution in [2.45, 2.75) is 45.9 Å². The van der Waals surface area contributed by atoms with E-state index in [9.17, 15) is 9.59 Å². The number of hydrogen-bond donors (Lipinski definition) is 0. The molecule has 1 aliphatic heterocycles. The van der Waals surface area contributed by atoms with Crippen LogP contribution in [0.2, 0.25) is 0 Å². The van der Waals surface area contributed by atoms with Crippen LogP contribution in [-0.2, 0) is 14.3 Å². The Bertz CT molecular complexity index is 676. The number of carbonyl (C=O) groups excluding carboxylic acids is 2. The molecule has 1 aromatic rings. The first-order chi connectivity index (χ1) is 11.8. The Morgan fingerprint density at radius 3 is 2.44 bits per heavy atom. The van der Waals surface area contributed by atoms with E-state index in [-0.39, 0.29) is 11.8 Å². The highest BCUT2D eigenvalue weighted by atomic mass is 16.6. The number of hydrogen-bond acceptors (Lipinski definition) is 4. The molecule has 0 unspecified atom stereocenters. The van der Waals surface area contributed by atoms with Crippen molar-refractivity contribution in [2.24, 2.45) is 5.92 Å². The van der Waals surface area contributed by atoms with Gasteiger partial charge in [0.1, 0.15) is 11.8 Å². The molecule has 1 amide bonds. The van der Waals surface area contributed by atoms with Crippen molar-refractivity contribution < 1.29 is 19.1 Å². The predicted octanol–water partition coefficient (Wildman–Crippen LogP) is 2.96. The first-order valence-electron chi connectivity index (χ1n) is 8.41. The van der Waals surface area contributed by atoms with E-state index in [1.165, 1.54) is 6.92 Å². The van der Waals surface area contributed by atoms with Crippen molar-refractivity contribution in [3.8, 4) is 5.75 Å². The van der Waals surface area contributed by atoms with E-state index < -0.39 is 24.2 Å². The highest BCUT2D eigenvalue weighted by Gasteiger charge is 2.54. The smallest absolute Gasteiger partial charge is 0.303 e. The number of amides is 1. The van der Waals surface area contributed by atoms with E-state index in [2.05, 4.69) is 12.3 Å². The second kappa shape index (κ2) is 8.04. The molecule has 0 radical (unpaired) electrons. The molecular formula is C20H25NO4. The molecule has 1 fully saturated rings. The zero-order chi connectivity index (χ0) is 18.6. The quantitative estimate of drug-likeness (QED) is 0.434. The van der Waals surface area contributed by atoms with Gasteiger partial charge in [0.25, 0.3) is 5.91 Å². The normalized spacial score (nSPS) is 20.5. The number of β-lactam (4-membered cyclic amide) rings is 1. The molecule has 25 heavy (non-hydrogen) atoms. The number of esters is 1. The van der Waals surface area contributed by atoms with Crippen LogP contribution in [0.3, 0.4) is 0 Å². The van der Waals surface area contributed by atoms with Crippen molar-refractivity contribution in [3.63, 3.8) is 0 Å². The van der Waals surface area contributed by atoms with Crippen LogP contribution >= 0.6 is 0 Å². The van der Waals surface area contributed by atoms with Crippen LogP contribution in [0.15, 0.2) is 48.2 Å². The van der Waals surface area contributed by atoms with E-state index in [4.69, 9.17) is 9.47 Å². The van der Waals surface area contributed by atoms with Crippen LogP contribution in [0, 0.1) is 5.92 Å². The first-order valence-corrected chi connectivity index (χ1v) is 8.41. The summed E-state index contributed by atoms with van der Waals surface area (Å²) in [5.74, 6) is 0.380. The molecule has 0 aliphatic carbocycles. The van der Waals surface area contributed by atoms with Gasteiger partial charge < -0.3 is 14.4 Å². The van der Waals surface area contributed by atoms with Gasteiger partial charge in [0.15, 0.2) is 6.10 Å². The maximum atomic E-state index is 12.6. The summed E-state index contributed by atoms with van der Waals surface area (Å²) in [6.07, 6.45) is -1.33. The lowest BCUT2D eigenvalue weighted by atomic mass is 9.87. The van der Waals surface area contributed by atoms with Gasteiger partial charge in [-0.15, -0.1) is 5.73 Å². The van der Waals surface area contributed by atoms with E-state index in [1.54, 1.807) is 24.0 Å². The average Bonchev–Trinajstić information content (AvgIpc) is 2.58. The summed E-state index contributed by atoms with van der Waals surface area (Å²) in [6, 6.07) is 8.77. The van der Waals surface area contributed by atoms with E-state index >= 15 is 0 Å². The number of ether oxygens (including phenoxy) is 2. The van der Waals surface area contributed by atoms with Crippen LogP contribution in [0.25, 0.3) is 0 Å². The van der Waals surface area contributed by atoms with Gasteiger partial charge in [0.2, 0.25) is 6.10 Å². The molecule has 5 nitrogen and oxygen atoms in total. The van der Waals surface area contributed by atoms with Crippen molar-refractivity contribution in [1.82, 2.24) is 4.90 Å². The summed E-state index contributed by atoms with van der Waals surface area (Å²) in [5.41, 5.74) is 3.46. The maximum Gasteiger partial charge on any atom is 0.303 e. The minimum absolute atomic E-state index is 0.100. The molecule has 1 heterocycles. The topological polar surface area (TPSA) is 55.8 Å². The lowest BCUT2D eigenvalue weighted by Crippen LogP contribution is -2.72. The maximum absolute atomic E-state index is 12.6. The Labute approximate surface area is 148 Å². The summed E-state index contributed by atoms with van der Waals surface area (Å²) in [6.45, 7) is 11.4. The fourth-order valence-corrected chi connectivity index (χ4v) is 2.92. The molecule has 2 rings (SSSR count). The molecule has 0 saturated carbocycles. The van der Waals surface area contributed by atoms with Gasteiger partial charge in [-0.2, -0.15) is 0 Å². The zero-order valence-electron chi connectivity index (χ0n) is 15.2. The molecule has 5 heteroatoms. The SMILES string of the molecule is C=C=C(C)[C@@H](OC(C)=O)[C@H]1[C@@H](Oc2ccccc2)C(=O)N1CC(C)C. The van der Waals surface area contributed by atoms with Gasteiger partial charge in [-0.1, -0.05) is 38.6 Å². The van der Waals surface area contributed by atoms with Gasteiger partial charge >= 0.3 is 5.97 Å². The highest BCUT2D eigenvalue weighted by molar-refractivity contribution is 5.89. The summed E-state index contributed by atoms with van der Waals surface area (Å²) in [5, 5.41) is 0. The minimum Gasteiger partial charge on any atom is -0.478 e. The molecule has 3 atom stereocenters. The standard InChI is InChI=1S/C20H25NO4/c1-6-14(4)18(24-15(5)22)17-19(20(23)21(17)12-13(2)3)25-16-10-8-7-9-11-16/h7-11,13,17-19H,1,12H2,2-5H3/t17-,18+,19+/m0/s1. The third kappa shape index (κ3) is 4.31. The number of nitrogens with zero attached hydrogens (tertiary/aromatic N) is 1. The van der Waals surface area contributed by atoms with Crippen LogP contribution in [0.4, 0.5) is 0 Å². The third-order valence-corrected chi connectivity index (χ3v) is 4.07. The average molecular weight is 343 g/mol. The van der Waals surface area contributed by atoms with Crippen molar-refractivity contribution >= 4 is 11.9 Å². The van der Waals surface area contributed by atoms with Gasteiger partial charge in [-0.3, -0.25) is 9.59 Å². The largest absolute Gasteiger partial charge is 0.478 e. The number of para-hydroxylation sites is 1.